The molecule has 0 aromatic heterocycles. The van der Waals surface area contributed by atoms with Gasteiger partial charge in [0, 0.05) is 18.8 Å². The van der Waals surface area contributed by atoms with Gasteiger partial charge in [0.15, 0.2) is 0 Å². The second-order valence-corrected chi connectivity index (χ2v) is 5.03. The Hall–Kier alpha value is -1.70. The average Bonchev–Trinajstić information content (AvgIpc) is 3.19. The lowest BCUT2D eigenvalue weighted by molar-refractivity contribution is -0.137. The van der Waals surface area contributed by atoms with E-state index in [1.54, 1.807) is 19.2 Å². The molecule has 5 heteroatoms. The molecule has 1 atom stereocenters. The first-order chi connectivity index (χ1) is 8.84. The number of hydrogen-bond donors (Lipinski definition) is 0. The molecule has 1 fully saturated rings. The van der Waals surface area contributed by atoms with Crippen LogP contribution in [0.3, 0.4) is 0 Å². The van der Waals surface area contributed by atoms with Gasteiger partial charge in [-0.1, -0.05) is 0 Å². The molecule has 1 saturated carbocycles. The van der Waals surface area contributed by atoms with Gasteiger partial charge in [-0.2, -0.15) is 18.4 Å². The summed E-state index contributed by atoms with van der Waals surface area (Å²) in [6.07, 6.45) is -2.23. The first-order valence-electron chi connectivity index (χ1n) is 6.18. The Morgan fingerprint density at radius 1 is 1.37 bits per heavy atom. The normalized spacial score (nSPS) is 16.8. The van der Waals surface area contributed by atoms with E-state index in [9.17, 15) is 13.2 Å². The van der Waals surface area contributed by atoms with Gasteiger partial charge < -0.3 is 4.90 Å². The molecule has 19 heavy (non-hydrogen) atoms. The molecule has 2 rings (SSSR count). The highest BCUT2D eigenvalue weighted by molar-refractivity contribution is 5.55. The number of benzene rings is 1. The molecule has 0 saturated heterocycles. The molecule has 1 aromatic rings. The standard InChI is InChI=1S/C14H15F3N2/c1-9(10-3-4-10)19(2)12-6-5-11(8-18)13(7-12)14(15,16)17/h5-7,9-10H,3-4H2,1-2H3. The third-order valence-corrected chi connectivity index (χ3v) is 3.75. The fourth-order valence-electron chi connectivity index (χ4n) is 2.21. The second-order valence-electron chi connectivity index (χ2n) is 5.03. The molecule has 1 aliphatic rings. The van der Waals surface area contributed by atoms with Crippen LogP contribution in [0.5, 0.6) is 0 Å². The van der Waals surface area contributed by atoms with E-state index in [0.29, 0.717) is 11.6 Å². The van der Waals surface area contributed by atoms with Crippen molar-refractivity contribution in [1.82, 2.24) is 0 Å². The Morgan fingerprint density at radius 3 is 2.47 bits per heavy atom. The van der Waals surface area contributed by atoms with E-state index >= 15 is 0 Å². The van der Waals surface area contributed by atoms with Gasteiger partial charge in [0.05, 0.1) is 17.2 Å². The summed E-state index contributed by atoms with van der Waals surface area (Å²) >= 11 is 0. The quantitative estimate of drug-likeness (QED) is 0.833. The monoisotopic (exact) mass is 268 g/mol. The van der Waals surface area contributed by atoms with Crippen LogP contribution >= 0.6 is 0 Å². The van der Waals surface area contributed by atoms with Crippen LogP contribution in [0.1, 0.15) is 30.9 Å². The van der Waals surface area contributed by atoms with Crippen LogP contribution < -0.4 is 4.90 Å². The zero-order valence-corrected chi connectivity index (χ0v) is 10.8. The summed E-state index contributed by atoms with van der Waals surface area (Å²) in [6.45, 7) is 2.02. The van der Waals surface area contributed by atoms with Crippen molar-refractivity contribution in [3.05, 3.63) is 29.3 Å². The van der Waals surface area contributed by atoms with E-state index in [2.05, 4.69) is 0 Å². The van der Waals surface area contributed by atoms with Gasteiger partial charge in [-0.25, -0.2) is 0 Å². The number of anilines is 1. The molecule has 0 N–H and O–H groups in total. The molecule has 0 radical (unpaired) electrons. The minimum Gasteiger partial charge on any atom is -0.372 e. The van der Waals surface area contributed by atoms with Crippen molar-refractivity contribution < 1.29 is 13.2 Å². The van der Waals surface area contributed by atoms with Gasteiger partial charge in [-0.05, 0) is 43.9 Å². The first kappa shape index (κ1) is 13.7. The van der Waals surface area contributed by atoms with E-state index in [1.807, 2.05) is 11.8 Å². The summed E-state index contributed by atoms with van der Waals surface area (Å²) in [5.74, 6) is 0.565. The van der Waals surface area contributed by atoms with Crippen LogP contribution in [0.2, 0.25) is 0 Å². The third kappa shape index (κ3) is 2.83. The van der Waals surface area contributed by atoms with Crippen molar-refractivity contribution in [2.75, 3.05) is 11.9 Å². The van der Waals surface area contributed by atoms with Crippen LogP contribution in [-0.2, 0) is 6.18 Å². The predicted molar refractivity (Wildman–Crippen MR) is 66.7 cm³/mol. The molecule has 2 nitrogen and oxygen atoms in total. The van der Waals surface area contributed by atoms with E-state index in [1.165, 1.54) is 6.07 Å². The first-order valence-corrected chi connectivity index (χ1v) is 6.18. The van der Waals surface area contributed by atoms with Crippen LogP contribution in [0.4, 0.5) is 18.9 Å². The molecule has 102 valence electrons. The smallest absolute Gasteiger partial charge is 0.372 e. The summed E-state index contributed by atoms with van der Waals surface area (Å²) in [6, 6.07) is 5.70. The summed E-state index contributed by atoms with van der Waals surface area (Å²) in [5, 5.41) is 8.76. The van der Waals surface area contributed by atoms with Crippen molar-refractivity contribution in [1.29, 1.82) is 5.26 Å². The van der Waals surface area contributed by atoms with Crippen LogP contribution in [0, 0.1) is 17.2 Å². The number of hydrogen-bond acceptors (Lipinski definition) is 2. The van der Waals surface area contributed by atoms with Gasteiger partial charge in [0.2, 0.25) is 0 Å². The molecular weight excluding hydrogens is 253 g/mol. The zero-order chi connectivity index (χ0) is 14.2. The van der Waals surface area contributed by atoms with Crippen LogP contribution in [0.15, 0.2) is 18.2 Å². The highest BCUT2D eigenvalue weighted by Crippen LogP contribution is 2.38. The van der Waals surface area contributed by atoms with Gasteiger partial charge in [-0.15, -0.1) is 0 Å². The van der Waals surface area contributed by atoms with E-state index in [-0.39, 0.29) is 11.6 Å². The largest absolute Gasteiger partial charge is 0.417 e. The number of rotatable bonds is 3. The Morgan fingerprint density at radius 2 is 2.00 bits per heavy atom. The summed E-state index contributed by atoms with van der Waals surface area (Å²) < 4.78 is 38.6. The molecular formula is C14H15F3N2. The van der Waals surface area contributed by atoms with Crippen molar-refractivity contribution >= 4 is 5.69 Å². The van der Waals surface area contributed by atoms with Crippen molar-refractivity contribution in [3.8, 4) is 6.07 Å². The lowest BCUT2D eigenvalue weighted by Crippen LogP contribution is -2.30. The molecule has 1 aromatic carbocycles. The molecule has 0 aliphatic heterocycles. The lowest BCUT2D eigenvalue weighted by Gasteiger charge is -2.27. The Balaban J connectivity index is 2.35. The highest BCUT2D eigenvalue weighted by atomic mass is 19.4. The Kier molecular flexibility index (Phi) is 3.44. The molecule has 0 bridgehead atoms. The number of halogens is 3. The molecule has 0 heterocycles. The van der Waals surface area contributed by atoms with Gasteiger partial charge in [0.1, 0.15) is 0 Å². The van der Waals surface area contributed by atoms with Gasteiger partial charge >= 0.3 is 6.18 Å². The van der Waals surface area contributed by atoms with Crippen molar-refractivity contribution in [3.63, 3.8) is 0 Å². The maximum atomic E-state index is 12.9. The fourth-order valence-corrected chi connectivity index (χ4v) is 2.21. The summed E-state index contributed by atoms with van der Waals surface area (Å²) in [7, 11) is 1.80. The highest BCUT2D eigenvalue weighted by Gasteiger charge is 2.35. The van der Waals surface area contributed by atoms with Crippen LogP contribution in [-0.4, -0.2) is 13.1 Å². The number of alkyl halides is 3. The third-order valence-electron chi connectivity index (χ3n) is 3.75. The van der Waals surface area contributed by atoms with E-state index in [4.69, 9.17) is 5.26 Å². The second kappa shape index (κ2) is 4.76. The van der Waals surface area contributed by atoms with Crippen LogP contribution in [0.25, 0.3) is 0 Å². The maximum absolute atomic E-state index is 12.9. The summed E-state index contributed by atoms with van der Waals surface area (Å²) in [4.78, 5) is 1.86. The fraction of sp³-hybridized carbons (Fsp3) is 0.500. The molecule has 1 unspecified atom stereocenters. The summed E-state index contributed by atoms with van der Waals surface area (Å²) in [5.41, 5.74) is -0.684. The van der Waals surface area contributed by atoms with Gasteiger partial charge in [0.25, 0.3) is 0 Å². The minimum absolute atomic E-state index is 0.217. The van der Waals surface area contributed by atoms with E-state index in [0.717, 1.165) is 18.9 Å². The zero-order valence-electron chi connectivity index (χ0n) is 10.8. The van der Waals surface area contributed by atoms with Crippen molar-refractivity contribution in [2.24, 2.45) is 5.92 Å². The SMILES string of the molecule is CC(C1CC1)N(C)c1ccc(C#N)c(C(F)(F)F)c1. The van der Waals surface area contributed by atoms with Gasteiger partial charge in [-0.3, -0.25) is 0 Å². The lowest BCUT2D eigenvalue weighted by atomic mass is 10.1. The molecule has 1 aliphatic carbocycles. The predicted octanol–water partition coefficient (Wildman–Crippen LogP) is 3.81. The average molecular weight is 268 g/mol. The Labute approximate surface area is 110 Å². The van der Waals surface area contributed by atoms with Crippen molar-refractivity contribution in [2.45, 2.75) is 32.0 Å². The minimum atomic E-state index is -4.50. The van der Waals surface area contributed by atoms with E-state index < -0.39 is 11.7 Å². The maximum Gasteiger partial charge on any atom is 0.417 e. The molecule has 0 spiro atoms. The topological polar surface area (TPSA) is 27.0 Å². The molecule has 0 amide bonds. The number of nitrogens with zero attached hydrogens (tertiary/aromatic N) is 2. The Bertz CT molecular complexity index is 512. The number of nitriles is 1.